The first-order chi connectivity index (χ1) is 7.63. The third-order valence-corrected chi connectivity index (χ3v) is 1.97. The van der Waals surface area contributed by atoms with Gasteiger partial charge in [0.05, 0.1) is 6.61 Å². The van der Waals surface area contributed by atoms with Crippen LogP contribution < -0.4 is 11.1 Å². The topological polar surface area (TPSA) is 64.3 Å². The second kappa shape index (κ2) is 6.19. The van der Waals surface area contributed by atoms with Crippen LogP contribution in [0.15, 0.2) is 18.2 Å². The Morgan fingerprint density at radius 3 is 3.00 bits per heavy atom. The molecule has 1 rings (SSSR count). The van der Waals surface area contributed by atoms with Crippen LogP contribution in [0.25, 0.3) is 0 Å². The van der Waals surface area contributed by atoms with Crippen LogP contribution in [0.1, 0.15) is 5.56 Å². The standard InChI is InChI=1S/C11H15FN2O2/c1-8-2-3-9(12)6-10(8)14-11(15)7-16-5-4-13/h2-3,6H,4-5,7,13H2,1H3,(H,14,15). The van der Waals surface area contributed by atoms with Crippen molar-refractivity contribution in [1.82, 2.24) is 0 Å². The van der Waals surface area contributed by atoms with Crippen LogP contribution in [-0.2, 0) is 9.53 Å². The van der Waals surface area contributed by atoms with E-state index < -0.39 is 0 Å². The van der Waals surface area contributed by atoms with Crippen molar-refractivity contribution in [3.63, 3.8) is 0 Å². The number of carbonyl (C=O) groups excluding carboxylic acids is 1. The molecule has 0 saturated carbocycles. The van der Waals surface area contributed by atoms with Crippen LogP contribution in [0.4, 0.5) is 10.1 Å². The highest BCUT2D eigenvalue weighted by molar-refractivity contribution is 5.92. The van der Waals surface area contributed by atoms with Crippen molar-refractivity contribution < 1.29 is 13.9 Å². The number of aryl methyl sites for hydroxylation is 1. The SMILES string of the molecule is Cc1ccc(F)cc1NC(=O)COCCN. The van der Waals surface area contributed by atoms with Crippen molar-refractivity contribution in [3.05, 3.63) is 29.6 Å². The predicted molar refractivity (Wildman–Crippen MR) is 59.6 cm³/mol. The number of benzene rings is 1. The highest BCUT2D eigenvalue weighted by Crippen LogP contribution is 2.15. The lowest BCUT2D eigenvalue weighted by atomic mass is 10.2. The lowest BCUT2D eigenvalue weighted by Gasteiger charge is -2.08. The van der Waals surface area contributed by atoms with Crippen LogP contribution >= 0.6 is 0 Å². The van der Waals surface area contributed by atoms with Crippen molar-refractivity contribution >= 4 is 11.6 Å². The van der Waals surface area contributed by atoms with Gasteiger partial charge in [-0.1, -0.05) is 6.07 Å². The van der Waals surface area contributed by atoms with Gasteiger partial charge in [-0.25, -0.2) is 4.39 Å². The van der Waals surface area contributed by atoms with Gasteiger partial charge in [0.1, 0.15) is 12.4 Å². The van der Waals surface area contributed by atoms with Crippen LogP contribution in [0.5, 0.6) is 0 Å². The van der Waals surface area contributed by atoms with E-state index in [1.165, 1.54) is 12.1 Å². The molecule has 0 aromatic heterocycles. The average Bonchev–Trinajstić information content (AvgIpc) is 2.24. The minimum atomic E-state index is -0.385. The quantitative estimate of drug-likeness (QED) is 0.737. The number of halogens is 1. The van der Waals surface area contributed by atoms with Crippen molar-refractivity contribution in [2.24, 2.45) is 5.73 Å². The van der Waals surface area contributed by atoms with Crippen LogP contribution in [-0.4, -0.2) is 25.7 Å². The number of hydrogen-bond acceptors (Lipinski definition) is 3. The zero-order valence-corrected chi connectivity index (χ0v) is 9.13. The molecule has 0 atom stereocenters. The molecular weight excluding hydrogens is 211 g/mol. The predicted octanol–water partition coefficient (Wildman–Crippen LogP) is 1.05. The molecule has 0 heterocycles. The zero-order valence-electron chi connectivity index (χ0n) is 9.13. The zero-order chi connectivity index (χ0) is 12.0. The second-order valence-electron chi connectivity index (χ2n) is 3.35. The Balaban J connectivity index is 2.52. The van der Waals surface area contributed by atoms with Gasteiger partial charge in [0.2, 0.25) is 5.91 Å². The molecule has 4 nitrogen and oxygen atoms in total. The molecule has 0 saturated heterocycles. The van der Waals surface area contributed by atoms with Crippen LogP contribution in [0, 0.1) is 12.7 Å². The van der Waals surface area contributed by atoms with E-state index in [4.69, 9.17) is 10.5 Å². The molecule has 0 radical (unpaired) electrons. The number of ether oxygens (including phenoxy) is 1. The third-order valence-electron chi connectivity index (χ3n) is 1.97. The summed E-state index contributed by atoms with van der Waals surface area (Å²) in [4.78, 5) is 11.4. The van der Waals surface area contributed by atoms with Gasteiger partial charge < -0.3 is 15.8 Å². The fourth-order valence-corrected chi connectivity index (χ4v) is 1.16. The average molecular weight is 226 g/mol. The van der Waals surface area contributed by atoms with E-state index in [1.807, 2.05) is 0 Å². The van der Waals surface area contributed by atoms with E-state index in [1.54, 1.807) is 13.0 Å². The molecule has 0 aliphatic rings. The van der Waals surface area contributed by atoms with Gasteiger partial charge in [0.15, 0.2) is 0 Å². The number of carbonyl (C=O) groups is 1. The van der Waals surface area contributed by atoms with Crippen molar-refractivity contribution in [3.8, 4) is 0 Å². The second-order valence-corrected chi connectivity index (χ2v) is 3.35. The van der Waals surface area contributed by atoms with Gasteiger partial charge in [0.25, 0.3) is 0 Å². The van der Waals surface area contributed by atoms with Gasteiger partial charge in [-0.05, 0) is 24.6 Å². The maximum Gasteiger partial charge on any atom is 0.250 e. The Bertz CT molecular complexity index is 369. The molecule has 3 N–H and O–H groups in total. The van der Waals surface area contributed by atoms with Gasteiger partial charge >= 0.3 is 0 Å². The first kappa shape index (κ1) is 12.6. The first-order valence-corrected chi connectivity index (χ1v) is 4.97. The highest BCUT2D eigenvalue weighted by Gasteiger charge is 2.05. The minimum absolute atomic E-state index is 0.0762. The number of hydrogen-bond donors (Lipinski definition) is 2. The third kappa shape index (κ3) is 3.96. The molecule has 5 heteroatoms. The molecule has 88 valence electrons. The highest BCUT2D eigenvalue weighted by atomic mass is 19.1. The van der Waals surface area contributed by atoms with E-state index in [0.29, 0.717) is 18.8 Å². The number of nitrogens with one attached hydrogen (secondary N) is 1. The van der Waals surface area contributed by atoms with Gasteiger partial charge in [0, 0.05) is 12.2 Å². The largest absolute Gasteiger partial charge is 0.370 e. The van der Waals surface area contributed by atoms with E-state index in [9.17, 15) is 9.18 Å². The molecular formula is C11H15FN2O2. The smallest absolute Gasteiger partial charge is 0.250 e. The van der Waals surface area contributed by atoms with E-state index in [2.05, 4.69) is 5.32 Å². The molecule has 0 unspecified atom stereocenters. The summed E-state index contributed by atoms with van der Waals surface area (Å²) in [5, 5.41) is 2.57. The lowest BCUT2D eigenvalue weighted by Crippen LogP contribution is -2.21. The summed E-state index contributed by atoms with van der Waals surface area (Å²) < 4.78 is 17.9. The monoisotopic (exact) mass is 226 g/mol. The van der Waals surface area contributed by atoms with Gasteiger partial charge in [-0.15, -0.1) is 0 Å². The molecule has 1 aromatic rings. The Labute approximate surface area is 93.6 Å². The van der Waals surface area contributed by atoms with Crippen molar-refractivity contribution in [2.45, 2.75) is 6.92 Å². The minimum Gasteiger partial charge on any atom is -0.370 e. The van der Waals surface area contributed by atoms with E-state index in [-0.39, 0.29) is 18.3 Å². The molecule has 0 aliphatic heterocycles. The molecule has 16 heavy (non-hydrogen) atoms. The molecule has 0 bridgehead atoms. The summed E-state index contributed by atoms with van der Waals surface area (Å²) in [5.74, 6) is -0.703. The van der Waals surface area contributed by atoms with Crippen LogP contribution in [0.2, 0.25) is 0 Å². The summed E-state index contributed by atoms with van der Waals surface area (Å²) in [6.07, 6.45) is 0. The maximum atomic E-state index is 12.9. The molecule has 1 amide bonds. The normalized spacial score (nSPS) is 10.2. The van der Waals surface area contributed by atoms with E-state index >= 15 is 0 Å². The summed E-state index contributed by atoms with van der Waals surface area (Å²) in [6.45, 7) is 2.41. The summed E-state index contributed by atoms with van der Waals surface area (Å²) in [5.41, 5.74) is 6.46. The van der Waals surface area contributed by atoms with Gasteiger partial charge in [-0.2, -0.15) is 0 Å². The molecule has 0 spiro atoms. The number of anilines is 1. The number of nitrogens with two attached hydrogens (primary N) is 1. The summed E-state index contributed by atoms with van der Waals surface area (Å²) in [7, 11) is 0. The number of rotatable bonds is 5. The van der Waals surface area contributed by atoms with Crippen LogP contribution in [0.3, 0.4) is 0 Å². The van der Waals surface area contributed by atoms with E-state index in [0.717, 1.165) is 5.56 Å². The first-order valence-electron chi connectivity index (χ1n) is 4.97. The fraction of sp³-hybridized carbons (Fsp3) is 0.364. The lowest BCUT2D eigenvalue weighted by molar-refractivity contribution is -0.120. The van der Waals surface area contributed by atoms with Crippen molar-refractivity contribution in [2.75, 3.05) is 25.1 Å². The summed E-state index contributed by atoms with van der Waals surface area (Å²) >= 11 is 0. The Morgan fingerprint density at radius 2 is 2.31 bits per heavy atom. The molecule has 0 fully saturated rings. The Morgan fingerprint density at radius 1 is 1.56 bits per heavy atom. The molecule has 0 aliphatic carbocycles. The fourth-order valence-electron chi connectivity index (χ4n) is 1.16. The Hall–Kier alpha value is -1.46. The van der Waals surface area contributed by atoms with Crippen molar-refractivity contribution in [1.29, 1.82) is 0 Å². The summed E-state index contributed by atoms with van der Waals surface area (Å²) in [6, 6.07) is 4.22. The number of amides is 1. The Kier molecular flexibility index (Phi) is 4.88. The van der Waals surface area contributed by atoms with Gasteiger partial charge in [-0.3, -0.25) is 4.79 Å². The molecule has 1 aromatic carbocycles. The maximum absolute atomic E-state index is 12.9.